The third kappa shape index (κ3) is 5.62. The number of methoxy groups -OCH3 is 1. The van der Waals surface area contributed by atoms with E-state index in [-0.39, 0.29) is 18.1 Å². The van der Waals surface area contributed by atoms with Crippen LogP contribution in [-0.2, 0) is 0 Å². The lowest BCUT2D eigenvalue weighted by Crippen LogP contribution is -2.34. The van der Waals surface area contributed by atoms with Gasteiger partial charge in [-0.1, -0.05) is 29.8 Å². The van der Waals surface area contributed by atoms with E-state index in [0.29, 0.717) is 28.6 Å². The Kier molecular flexibility index (Phi) is 7.51. The Morgan fingerprint density at radius 2 is 1.85 bits per heavy atom. The SMILES string of the molecule is COc1cc(C(=O)NCC(c2ccccc2Cl)N(C)C)ccc1OC(C)C. The lowest BCUT2D eigenvalue weighted by molar-refractivity contribution is 0.0941. The molecule has 1 amide bonds. The molecule has 1 atom stereocenters. The van der Waals surface area contributed by atoms with Gasteiger partial charge in [0.2, 0.25) is 0 Å². The van der Waals surface area contributed by atoms with Gasteiger partial charge in [0.05, 0.1) is 19.3 Å². The first-order chi connectivity index (χ1) is 12.8. The van der Waals surface area contributed by atoms with E-state index in [1.807, 2.05) is 57.1 Å². The minimum atomic E-state index is -0.177. The van der Waals surface area contributed by atoms with Gasteiger partial charge in [0, 0.05) is 17.1 Å². The van der Waals surface area contributed by atoms with Crippen molar-refractivity contribution in [3.05, 3.63) is 58.6 Å². The van der Waals surface area contributed by atoms with Crippen LogP contribution in [0.1, 0.15) is 35.8 Å². The number of rotatable bonds is 8. The Hall–Kier alpha value is -2.24. The Bertz CT molecular complexity index is 778. The van der Waals surface area contributed by atoms with Crippen LogP contribution in [0.4, 0.5) is 0 Å². The number of hydrogen-bond donors (Lipinski definition) is 1. The van der Waals surface area contributed by atoms with Crippen molar-refractivity contribution in [1.82, 2.24) is 10.2 Å². The zero-order valence-electron chi connectivity index (χ0n) is 16.5. The Labute approximate surface area is 166 Å². The molecule has 0 radical (unpaired) electrons. The standard InChI is InChI=1S/C21H27ClN2O3/c1-14(2)27-19-11-10-15(12-20(19)26-5)21(25)23-13-18(24(3)4)16-8-6-7-9-17(16)22/h6-12,14,18H,13H2,1-5H3,(H,23,25). The predicted octanol–water partition coefficient (Wildman–Crippen LogP) is 4.17. The molecule has 0 heterocycles. The zero-order valence-corrected chi connectivity index (χ0v) is 17.2. The second-order valence-electron chi connectivity index (χ2n) is 6.74. The first kappa shape index (κ1) is 21.1. The summed E-state index contributed by atoms with van der Waals surface area (Å²) in [5.74, 6) is 0.973. The molecule has 0 aromatic heterocycles. The Morgan fingerprint density at radius 1 is 1.15 bits per heavy atom. The van der Waals surface area contributed by atoms with Crippen LogP contribution < -0.4 is 14.8 Å². The molecule has 5 nitrogen and oxygen atoms in total. The molecular weight excluding hydrogens is 364 g/mol. The normalized spacial score (nSPS) is 12.1. The molecule has 0 saturated heterocycles. The number of halogens is 1. The van der Waals surface area contributed by atoms with E-state index < -0.39 is 0 Å². The van der Waals surface area contributed by atoms with Crippen LogP contribution in [0.15, 0.2) is 42.5 Å². The van der Waals surface area contributed by atoms with E-state index in [9.17, 15) is 4.79 Å². The van der Waals surface area contributed by atoms with Gasteiger partial charge in [-0.25, -0.2) is 0 Å². The molecule has 146 valence electrons. The van der Waals surface area contributed by atoms with E-state index in [1.54, 1.807) is 25.3 Å². The summed E-state index contributed by atoms with van der Waals surface area (Å²) >= 11 is 6.32. The molecule has 0 bridgehead atoms. The molecule has 2 rings (SSSR count). The fourth-order valence-electron chi connectivity index (χ4n) is 2.77. The summed E-state index contributed by atoms with van der Waals surface area (Å²) < 4.78 is 11.0. The maximum atomic E-state index is 12.6. The first-order valence-corrected chi connectivity index (χ1v) is 9.25. The summed E-state index contributed by atoms with van der Waals surface area (Å²) in [4.78, 5) is 14.7. The molecule has 1 N–H and O–H groups in total. The second-order valence-corrected chi connectivity index (χ2v) is 7.15. The Morgan fingerprint density at radius 3 is 2.44 bits per heavy atom. The van der Waals surface area contributed by atoms with Gasteiger partial charge < -0.3 is 19.7 Å². The van der Waals surface area contributed by atoms with Crippen molar-refractivity contribution in [2.24, 2.45) is 0 Å². The van der Waals surface area contributed by atoms with Gasteiger partial charge in [0.15, 0.2) is 11.5 Å². The van der Waals surface area contributed by atoms with Crippen molar-refractivity contribution in [3.8, 4) is 11.5 Å². The zero-order chi connectivity index (χ0) is 20.0. The maximum absolute atomic E-state index is 12.6. The topological polar surface area (TPSA) is 50.8 Å². The van der Waals surface area contributed by atoms with Gasteiger partial charge in [-0.05, 0) is 57.8 Å². The number of benzene rings is 2. The third-order valence-corrected chi connectivity index (χ3v) is 4.48. The summed E-state index contributed by atoms with van der Waals surface area (Å²) in [5, 5.41) is 3.66. The predicted molar refractivity (Wildman–Crippen MR) is 109 cm³/mol. The van der Waals surface area contributed by atoms with Gasteiger partial charge >= 0.3 is 0 Å². The third-order valence-electron chi connectivity index (χ3n) is 4.13. The molecular formula is C21H27ClN2O3. The van der Waals surface area contributed by atoms with Gasteiger partial charge in [-0.3, -0.25) is 4.79 Å². The van der Waals surface area contributed by atoms with Gasteiger partial charge in [0.1, 0.15) is 0 Å². The Balaban J connectivity index is 2.13. The lowest BCUT2D eigenvalue weighted by Gasteiger charge is -2.26. The van der Waals surface area contributed by atoms with Crippen molar-refractivity contribution in [1.29, 1.82) is 0 Å². The quantitative estimate of drug-likeness (QED) is 0.735. The monoisotopic (exact) mass is 390 g/mol. The van der Waals surface area contributed by atoms with Crippen molar-refractivity contribution in [2.45, 2.75) is 26.0 Å². The van der Waals surface area contributed by atoms with E-state index in [1.165, 1.54) is 0 Å². The highest BCUT2D eigenvalue weighted by atomic mass is 35.5. The maximum Gasteiger partial charge on any atom is 0.251 e. The molecule has 6 heteroatoms. The van der Waals surface area contributed by atoms with Gasteiger partial charge in [-0.15, -0.1) is 0 Å². The average molecular weight is 391 g/mol. The molecule has 1 unspecified atom stereocenters. The van der Waals surface area contributed by atoms with Crippen LogP contribution in [0.2, 0.25) is 5.02 Å². The van der Waals surface area contributed by atoms with Crippen LogP contribution in [0.3, 0.4) is 0 Å². The fraction of sp³-hybridized carbons (Fsp3) is 0.381. The van der Waals surface area contributed by atoms with Crippen molar-refractivity contribution >= 4 is 17.5 Å². The minimum absolute atomic E-state index is 0.0232. The number of nitrogens with zero attached hydrogens (tertiary/aromatic N) is 1. The van der Waals surface area contributed by atoms with Gasteiger partial charge in [0.25, 0.3) is 5.91 Å². The molecule has 0 spiro atoms. The van der Waals surface area contributed by atoms with Crippen molar-refractivity contribution in [3.63, 3.8) is 0 Å². The van der Waals surface area contributed by atoms with E-state index in [0.717, 1.165) is 5.56 Å². The van der Waals surface area contributed by atoms with Crippen molar-refractivity contribution < 1.29 is 14.3 Å². The minimum Gasteiger partial charge on any atom is -0.493 e. The molecule has 0 aliphatic heterocycles. The molecule has 0 saturated carbocycles. The molecule has 0 aliphatic carbocycles. The summed E-state index contributed by atoms with van der Waals surface area (Å²) in [7, 11) is 5.48. The molecule has 2 aromatic rings. The van der Waals surface area contributed by atoms with E-state index in [2.05, 4.69) is 5.32 Å². The fourth-order valence-corrected chi connectivity index (χ4v) is 3.03. The number of ether oxygens (including phenoxy) is 2. The van der Waals surface area contributed by atoms with Gasteiger partial charge in [-0.2, -0.15) is 0 Å². The summed E-state index contributed by atoms with van der Waals surface area (Å²) in [6.07, 6.45) is 0.0232. The first-order valence-electron chi connectivity index (χ1n) is 8.87. The smallest absolute Gasteiger partial charge is 0.251 e. The number of carbonyl (C=O) groups is 1. The lowest BCUT2D eigenvalue weighted by atomic mass is 10.1. The van der Waals surface area contributed by atoms with Crippen LogP contribution in [0.25, 0.3) is 0 Å². The number of hydrogen-bond acceptors (Lipinski definition) is 4. The molecule has 2 aromatic carbocycles. The van der Waals surface area contributed by atoms with Crippen LogP contribution >= 0.6 is 11.6 Å². The number of nitrogens with one attached hydrogen (secondary N) is 1. The molecule has 27 heavy (non-hydrogen) atoms. The summed E-state index contributed by atoms with van der Waals surface area (Å²) in [6, 6.07) is 12.8. The van der Waals surface area contributed by atoms with Crippen LogP contribution in [-0.4, -0.2) is 44.7 Å². The summed E-state index contributed by atoms with van der Waals surface area (Å²) in [5.41, 5.74) is 1.49. The largest absolute Gasteiger partial charge is 0.493 e. The number of carbonyl (C=O) groups excluding carboxylic acids is 1. The number of amides is 1. The highest BCUT2D eigenvalue weighted by molar-refractivity contribution is 6.31. The van der Waals surface area contributed by atoms with E-state index in [4.69, 9.17) is 21.1 Å². The number of likely N-dealkylation sites (N-methyl/N-ethyl adjacent to an activating group) is 1. The highest BCUT2D eigenvalue weighted by Crippen LogP contribution is 2.29. The van der Waals surface area contributed by atoms with E-state index >= 15 is 0 Å². The average Bonchev–Trinajstić information content (AvgIpc) is 2.62. The highest BCUT2D eigenvalue weighted by Gasteiger charge is 2.19. The summed E-state index contributed by atoms with van der Waals surface area (Å²) in [6.45, 7) is 4.31. The molecule has 0 fully saturated rings. The van der Waals surface area contributed by atoms with Crippen molar-refractivity contribution in [2.75, 3.05) is 27.7 Å². The van der Waals surface area contributed by atoms with Crippen LogP contribution in [0.5, 0.6) is 11.5 Å². The second kappa shape index (κ2) is 9.62. The molecule has 0 aliphatic rings. The van der Waals surface area contributed by atoms with Crippen LogP contribution in [0, 0.1) is 0 Å².